The normalized spacial score (nSPS) is 10.2. The number of halogens is 4. The van der Waals surface area contributed by atoms with Crippen molar-refractivity contribution in [2.75, 3.05) is 11.9 Å². The number of benzene rings is 2. The first kappa shape index (κ1) is 18.3. The number of anilines is 1. The van der Waals surface area contributed by atoms with E-state index in [0.717, 1.165) is 0 Å². The standard InChI is InChI=1S/C15H10Cl3FN2O3/c16-8-5-10(18)13(6-9(8)17)24-7-14(22)21-15(23)20-12-4-2-1-3-11(12)19/h1-6H,7H2,(H2,20,21,22,23). The molecule has 0 unspecified atom stereocenters. The summed E-state index contributed by atoms with van der Waals surface area (Å²) in [6.07, 6.45) is 0. The van der Waals surface area contributed by atoms with Crippen LogP contribution in [0.5, 0.6) is 5.75 Å². The molecule has 0 aliphatic heterocycles. The number of imide groups is 1. The lowest BCUT2D eigenvalue weighted by atomic mass is 10.3. The van der Waals surface area contributed by atoms with Gasteiger partial charge in [0.15, 0.2) is 6.61 Å². The van der Waals surface area contributed by atoms with Crippen molar-refractivity contribution in [2.45, 2.75) is 0 Å². The lowest BCUT2D eigenvalue weighted by Crippen LogP contribution is -2.37. The molecule has 0 saturated heterocycles. The molecular formula is C15H10Cl3FN2O3. The molecule has 2 N–H and O–H groups in total. The third-order valence-electron chi connectivity index (χ3n) is 2.71. The van der Waals surface area contributed by atoms with E-state index in [4.69, 9.17) is 39.5 Å². The van der Waals surface area contributed by atoms with E-state index in [1.807, 2.05) is 5.32 Å². The van der Waals surface area contributed by atoms with Gasteiger partial charge in [-0.25, -0.2) is 9.18 Å². The molecule has 0 fully saturated rings. The van der Waals surface area contributed by atoms with Crippen molar-refractivity contribution in [3.05, 3.63) is 57.3 Å². The number of amides is 3. The summed E-state index contributed by atoms with van der Waals surface area (Å²) >= 11 is 17.5. The molecule has 2 rings (SSSR count). The Morgan fingerprint density at radius 3 is 2.42 bits per heavy atom. The van der Waals surface area contributed by atoms with Crippen LogP contribution in [-0.4, -0.2) is 18.5 Å². The van der Waals surface area contributed by atoms with Crippen molar-refractivity contribution in [2.24, 2.45) is 0 Å². The SMILES string of the molecule is O=C(COc1cc(Cl)c(Cl)cc1Cl)NC(=O)Nc1ccccc1F. The Labute approximate surface area is 151 Å². The maximum Gasteiger partial charge on any atom is 0.326 e. The lowest BCUT2D eigenvalue weighted by Gasteiger charge is -2.10. The zero-order chi connectivity index (χ0) is 17.7. The topological polar surface area (TPSA) is 67.4 Å². The van der Waals surface area contributed by atoms with Gasteiger partial charge in [-0.1, -0.05) is 46.9 Å². The van der Waals surface area contributed by atoms with Crippen LogP contribution < -0.4 is 15.4 Å². The molecule has 0 atom stereocenters. The molecular weight excluding hydrogens is 382 g/mol. The minimum Gasteiger partial charge on any atom is -0.482 e. The fourth-order valence-electron chi connectivity index (χ4n) is 1.64. The van der Waals surface area contributed by atoms with Crippen LogP contribution in [0.25, 0.3) is 0 Å². The number of hydrogen-bond acceptors (Lipinski definition) is 3. The van der Waals surface area contributed by atoms with Crippen LogP contribution in [0.2, 0.25) is 15.1 Å². The van der Waals surface area contributed by atoms with E-state index in [2.05, 4.69) is 5.32 Å². The van der Waals surface area contributed by atoms with Gasteiger partial charge in [-0.2, -0.15) is 0 Å². The Bertz CT molecular complexity index is 787. The van der Waals surface area contributed by atoms with Crippen molar-refractivity contribution in [1.82, 2.24) is 5.32 Å². The average molecular weight is 392 g/mol. The van der Waals surface area contributed by atoms with Gasteiger partial charge in [0.1, 0.15) is 11.6 Å². The van der Waals surface area contributed by atoms with Crippen molar-refractivity contribution in [1.29, 1.82) is 0 Å². The summed E-state index contributed by atoms with van der Waals surface area (Å²) in [5.74, 6) is -1.25. The monoisotopic (exact) mass is 390 g/mol. The van der Waals surface area contributed by atoms with Crippen molar-refractivity contribution < 1.29 is 18.7 Å². The van der Waals surface area contributed by atoms with E-state index in [0.29, 0.717) is 0 Å². The van der Waals surface area contributed by atoms with Gasteiger partial charge in [-0.15, -0.1) is 0 Å². The molecule has 2 aromatic carbocycles. The molecule has 0 saturated carbocycles. The zero-order valence-corrected chi connectivity index (χ0v) is 14.2. The maximum atomic E-state index is 13.4. The zero-order valence-electron chi connectivity index (χ0n) is 11.9. The second-order valence-corrected chi connectivity index (χ2v) is 5.69. The predicted octanol–water partition coefficient (Wildman–Crippen LogP) is 4.51. The Kier molecular flexibility index (Phi) is 6.25. The van der Waals surface area contributed by atoms with Crippen LogP contribution in [0.3, 0.4) is 0 Å². The van der Waals surface area contributed by atoms with E-state index >= 15 is 0 Å². The highest BCUT2D eigenvalue weighted by atomic mass is 35.5. The van der Waals surface area contributed by atoms with Crippen LogP contribution in [0.4, 0.5) is 14.9 Å². The number of hydrogen-bond donors (Lipinski definition) is 2. The number of para-hydroxylation sites is 1. The van der Waals surface area contributed by atoms with E-state index in [1.54, 1.807) is 0 Å². The van der Waals surface area contributed by atoms with Gasteiger partial charge in [0.05, 0.1) is 20.8 Å². The first-order chi connectivity index (χ1) is 11.4. The summed E-state index contributed by atoms with van der Waals surface area (Å²) in [5.41, 5.74) is -0.0590. The predicted molar refractivity (Wildman–Crippen MR) is 90.5 cm³/mol. The number of carbonyl (C=O) groups is 2. The first-order valence-electron chi connectivity index (χ1n) is 6.49. The van der Waals surface area contributed by atoms with Crippen LogP contribution in [0, 0.1) is 5.82 Å². The van der Waals surface area contributed by atoms with Gasteiger partial charge in [-0.05, 0) is 18.2 Å². The molecule has 0 aliphatic rings. The van der Waals surface area contributed by atoms with E-state index < -0.39 is 24.4 Å². The third-order valence-corrected chi connectivity index (χ3v) is 3.73. The van der Waals surface area contributed by atoms with Crippen LogP contribution >= 0.6 is 34.8 Å². The molecule has 0 radical (unpaired) electrons. The van der Waals surface area contributed by atoms with Crippen LogP contribution in [0.1, 0.15) is 0 Å². The molecule has 0 bridgehead atoms. The molecule has 2 aromatic rings. The highest BCUT2D eigenvalue weighted by molar-refractivity contribution is 6.43. The highest BCUT2D eigenvalue weighted by Gasteiger charge is 2.13. The summed E-state index contributed by atoms with van der Waals surface area (Å²) in [4.78, 5) is 23.3. The molecule has 126 valence electrons. The third kappa shape index (κ3) is 4.99. The Hall–Kier alpha value is -2.02. The Balaban J connectivity index is 1.88. The summed E-state index contributed by atoms with van der Waals surface area (Å²) < 4.78 is 18.5. The second-order valence-electron chi connectivity index (χ2n) is 4.47. The molecule has 0 heterocycles. The molecule has 5 nitrogen and oxygen atoms in total. The van der Waals surface area contributed by atoms with Crippen molar-refractivity contribution in [3.8, 4) is 5.75 Å². The number of ether oxygens (including phenoxy) is 1. The van der Waals surface area contributed by atoms with E-state index in [9.17, 15) is 14.0 Å². The van der Waals surface area contributed by atoms with Gasteiger partial charge >= 0.3 is 6.03 Å². The van der Waals surface area contributed by atoms with E-state index in [-0.39, 0.29) is 26.5 Å². The van der Waals surface area contributed by atoms with Gasteiger partial charge in [0, 0.05) is 6.07 Å². The largest absolute Gasteiger partial charge is 0.482 e. The Morgan fingerprint density at radius 1 is 1.04 bits per heavy atom. The van der Waals surface area contributed by atoms with Gasteiger partial charge in [-0.3, -0.25) is 10.1 Å². The smallest absolute Gasteiger partial charge is 0.326 e. The molecule has 0 aromatic heterocycles. The minimum absolute atomic E-state index is 0.0590. The molecule has 0 spiro atoms. The summed E-state index contributed by atoms with van der Waals surface area (Å²) in [5, 5.41) is 4.79. The highest BCUT2D eigenvalue weighted by Crippen LogP contribution is 2.33. The quantitative estimate of drug-likeness (QED) is 0.753. The van der Waals surface area contributed by atoms with Crippen LogP contribution in [-0.2, 0) is 4.79 Å². The fraction of sp³-hybridized carbons (Fsp3) is 0.0667. The van der Waals surface area contributed by atoms with Gasteiger partial charge < -0.3 is 10.1 Å². The lowest BCUT2D eigenvalue weighted by molar-refractivity contribution is -0.121. The van der Waals surface area contributed by atoms with E-state index in [1.165, 1.54) is 36.4 Å². The van der Waals surface area contributed by atoms with Crippen molar-refractivity contribution in [3.63, 3.8) is 0 Å². The van der Waals surface area contributed by atoms with Gasteiger partial charge in [0.2, 0.25) is 0 Å². The average Bonchev–Trinajstić information content (AvgIpc) is 2.52. The minimum atomic E-state index is -0.895. The number of carbonyl (C=O) groups excluding carboxylic acids is 2. The number of urea groups is 1. The summed E-state index contributed by atoms with van der Waals surface area (Å²) in [6.45, 7) is -0.498. The Morgan fingerprint density at radius 2 is 1.71 bits per heavy atom. The maximum absolute atomic E-state index is 13.4. The second kappa shape index (κ2) is 8.19. The molecule has 9 heteroatoms. The first-order valence-corrected chi connectivity index (χ1v) is 7.63. The molecule has 24 heavy (non-hydrogen) atoms. The summed E-state index contributed by atoms with van der Waals surface area (Å²) in [6, 6.07) is 7.35. The molecule has 3 amide bonds. The number of nitrogens with one attached hydrogen (secondary N) is 2. The van der Waals surface area contributed by atoms with Gasteiger partial charge in [0.25, 0.3) is 5.91 Å². The fourth-order valence-corrected chi connectivity index (χ4v) is 2.23. The van der Waals surface area contributed by atoms with Crippen LogP contribution in [0.15, 0.2) is 36.4 Å². The van der Waals surface area contributed by atoms with Crippen molar-refractivity contribution >= 4 is 52.4 Å². The number of rotatable bonds is 4. The molecule has 0 aliphatic carbocycles. The summed E-state index contributed by atoms with van der Waals surface area (Å²) in [7, 11) is 0.